The zero-order valence-electron chi connectivity index (χ0n) is 11.3. The fraction of sp³-hybridized carbons (Fsp3) is 0.600. The van der Waals surface area contributed by atoms with Gasteiger partial charge in [0.25, 0.3) is 0 Å². The molecule has 3 atom stereocenters. The van der Waals surface area contributed by atoms with Crippen LogP contribution in [0, 0.1) is 5.92 Å². The third kappa shape index (κ3) is 3.00. The molecule has 1 aliphatic carbocycles. The zero-order valence-corrected chi connectivity index (χ0v) is 12.1. The van der Waals surface area contributed by atoms with Crippen LogP contribution in [0.5, 0.6) is 11.5 Å². The Morgan fingerprint density at radius 3 is 2.79 bits per heavy atom. The summed E-state index contributed by atoms with van der Waals surface area (Å²) in [7, 11) is 0. The topological polar surface area (TPSA) is 44.5 Å². The summed E-state index contributed by atoms with van der Waals surface area (Å²) >= 11 is 1.89. The normalized spacial score (nSPS) is 30.1. The van der Waals surface area contributed by atoms with Crippen molar-refractivity contribution < 1.29 is 9.47 Å². The van der Waals surface area contributed by atoms with Crippen molar-refractivity contribution in [1.82, 2.24) is 0 Å². The number of thioether (sulfide) groups is 1. The van der Waals surface area contributed by atoms with Gasteiger partial charge in [0.2, 0.25) is 0 Å². The summed E-state index contributed by atoms with van der Waals surface area (Å²) in [5, 5.41) is 0.520. The van der Waals surface area contributed by atoms with E-state index in [9.17, 15) is 0 Å². The SMILES string of the molecule is CC1CCC(N)C(Sc2ccc3c(c2)OCCO3)C1. The lowest BCUT2D eigenvalue weighted by molar-refractivity contribution is 0.171. The van der Waals surface area contributed by atoms with Crippen LogP contribution in [0.2, 0.25) is 0 Å². The first-order valence-corrected chi connectivity index (χ1v) is 7.92. The van der Waals surface area contributed by atoms with E-state index in [2.05, 4.69) is 19.1 Å². The van der Waals surface area contributed by atoms with Gasteiger partial charge in [0, 0.05) is 16.2 Å². The van der Waals surface area contributed by atoms with Gasteiger partial charge in [-0.25, -0.2) is 0 Å². The maximum atomic E-state index is 6.25. The first-order chi connectivity index (χ1) is 9.22. The predicted molar refractivity (Wildman–Crippen MR) is 78.1 cm³/mol. The quantitative estimate of drug-likeness (QED) is 0.903. The molecular formula is C15H21NO2S. The van der Waals surface area contributed by atoms with Crippen molar-refractivity contribution in [1.29, 1.82) is 0 Å². The van der Waals surface area contributed by atoms with Gasteiger partial charge in [0.05, 0.1) is 0 Å². The Balaban J connectivity index is 1.72. The maximum Gasteiger partial charge on any atom is 0.162 e. The minimum atomic E-state index is 0.314. The van der Waals surface area contributed by atoms with Crippen LogP contribution in [0.3, 0.4) is 0 Å². The van der Waals surface area contributed by atoms with Crippen LogP contribution in [0.15, 0.2) is 23.1 Å². The molecule has 1 aromatic carbocycles. The summed E-state index contributed by atoms with van der Waals surface area (Å²) in [5.74, 6) is 2.51. The molecule has 0 amide bonds. The lowest BCUT2D eigenvalue weighted by Crippen LogP contribution is -2.37. The van der Waals surface area contributed by atoms with Crippen LogP contribution in [0.4, 0.5) is 0 Å². The van der Waals surface area contributed by atoms with E-state index in [1.807, 2.05) is 17.8 Å². The number of fused-ring (bicyclic) bond motifs is 1. The fourth-order valence-corrected chi connectivity index (χ4v) is 4.17. The molecule has 3 unspecified atom stereocenters. The number of hydrogen-bond donors (Lipinski definition) is 1. The van der Waals surface area contributed by atoms with Gasteiger partial charge in [-0.1, -0.05) is 6.92 Å². The summed E-state index contributed by atoms with van der Waals surface area (Å²) in [5.41, 5.74) is 6.25. The zero-order chi connectivity index (χ0) is 13.2. The van der Waals surface area contributed by atoms with Crippen LogP contribution >= 0.6 is 11.8 Å². The van der Waals surface area contributed by atoms with Crippen LogP contribution in [-0.4, -0.2) is 24.5 Å². The van der Waals surface area contributed by atoms with Gasteiger partial charge in [-0.2, -0.15) is 0 Å². The van der Waals surface area contributed by atoms with Crippen molar-refractivity contribution in [2.24, 2.45) is 11.7 Å². The summed E-state index contributed by atoms with van der Waals surface area (Å²) in [4.78, 5) is 1.24. The van der Waals surface area contributed by atoms with Crippen LogP contribution in [0.25, 0.3) is 0 Å². The average Bonchev–Trinajstić information content (AvgIpc) is 2.43. The smallest absolute Gasteiger partial charge is 0.162 e. The Bertz CT molecular complexity index is 452. The van der Waals surface area contributed by atoms with E-state index in [1.54, 1.807) is 0 Å². The first kappa shape index (κ1) is 13.1. The monoisotopic (exact) mass is 279 g/mol. The molecule has 3 rings (SSSR count). The second-order valence-corrected chi connectivity index (χ2v) is 6.86. The molecule has 3 nitrogen and oxygen atoms in total. The van der Waals surface area contributed by atoms with Gasteiger partial charge < -0.3 is 15.2 Å². The van der Waals surface area contributed by atoms with Crippen LogP contribution in [-0.2, 0) is 0 Å². The van der Waals surface area contributed by atoms with E-state index < -0.39 is 0 Å². The molecule has 2 aliphatic rings. The third-order valence-corrected chi connectivity index (χ3v) is 5.28. The molecular weight excluding hydrogens is 258 g/mol. The maximum absolute atomic E-state index is 6.25. The molecule has 2 N–H and O–H groups in total. The largest absolute Gasteiger partial charge is 0.486 e. The number of rotatable bonds is 2. The molecule has 0 spiro atoms. The summed E-state index contributed by atoms with van der Waals surface area (Å²) in [6.45, 7) is 3.61. The summed E-state index contributed by atoms with van der Waals surface area (Å²) in [6, 6.07) is 6.53. The number of ether oxygens (including phenoxy) is 2. The van der Waals surface area contributed by atoms with E-state index in [-0.39, 0.29) is 0 Å². The Hall–Kier alpha value is -0.870. The Kier molecular flexibility index (Phi) is 3.89. The van der Waals surface area contributed by atoms with Gasteiger partial charge >= 0.3 is 0 Å². The standard InChI is InChI=1S/C15H21NO2S/c1-10-2-4-12(16)15(8-10)19-11-3-5-13-14(9-11)18-7-6-17-13/h3,5,9-10,12,15H,2,4,6-8,16H2,1H3. The van der Waals surface area contributed by atoms with Crippen molar-refractivity contribution >= 4 is 11.8 Å². The predicted octanol–water partition coefficient (Wildman–Crippen LogP) is 3.07. The van der Waals surface area contributed by atoms with Crippen molar-refractivity contribution in [3.05, 3.63) is 18.2 Å². The van der Waals surface area contributed by atoms with Crippen molar-refractivity contribution in [2.45, 2.75) is 42.4 Å². The minimum Gasteiger partial charge on any atom is -0.486 e. The van der Waals surface area contributed by atoms with Crippen molar-refractivity contribution in [3.8, 4) is 11.5 Å². The molecule has 1 fully saturated rings. The first-order valence-electron chi connectivity index (χ1n) is 7.04. The van der Waals surface area contributed by atoms with Crippen molar-refractivity contribution in [2.75, 3.05) is 13.2 Å². The molecule has 1 saturated carbocycles. The van der Waals surface area contributed by atoms with Crippen LogP contribution < -0.4 is 15.2 Å². The Labute approximate surface area is 118 Å². The molecule has 0 aromatic heterocycles. The molecule has 1 heterocycles. The van der Waals surface area contributed by atoms with E-state index in [0.29, 0.717) is 24.5 Å². The summed E-state index contributed by atoms with van der Waals surface area (Å²) in [6.07, 6.45) is 3.61. The highest BCUT2D eigenvalue weighted by Crippen LogP contribution is 2.39. The van der Waals surface area contributed by atoms with E-state index in [0.717, 1.165) is 23.8 Å². The molecule has 0 radical (unpaired) electrons. The van der Waals surface area contributed by atoms with Crippen LogP contribution in [0.1, 0.15) is 26.2 Å². The number of nitrogens with two attached hydrogens (primary N) is 1. The second kappa shape index (κ2) is 5.63. The highest BCUT2D eigenvalue weighted by Gasteiger charge is 2.27. The Morgan fingerprint density at radius 2 is 1.95 bits per heavy atom. The molecule has 1 aliphatic heterocycles. The van der Waals surface area contributed by atoms with E-state index >= 15 is 0 Å². The molecule has 1 aromatic rings. The lowest BCUT2D eigenvalue weighted by atomic mass is 9.87. The summed E-state index contributed by atoms with van der Waals surface area (Å²) < 4.78 is 11.2. The molecule has 0 bridgehead atoms. The molecule has 0 saturated heterocycles. The van der Waals surface area contributed by atoms with Gasteiger partial charge in [0.15, 0.2) is 11.5 Å². The van der Waals surface area contributed by atoms with Crippen molar-refractivity contribution in [3.63, 3.8) is 0 Å². The lowest BCUT2D eigenvalue weighted by Gasteiger charge is -2.32. The fourth-order valence-electron chi connectivity index (χ4n) is 2.76. The van der Waals surface area contributed by atoms with Gasteiger partial charge in [-0.15, -0.1) is 11.8 Å². The highest BCUT2D eigenvalue weighted by molar-refractivity contribution is 8.00. The highest BCUT2D eigenvalue weighted by atomic mass is 32.2. The minimum absolute atomic E-state index is 0.314. The average molecular weight is 279 g/mol. The number of benzene rings is 1. The molecule has 19 heavy (non-hydrogen) atoms. The molecule has 104 valence electrons. The second-order valence-electron chi connectivity index (χ2n) is 5.54. The third-order valence-electron chi connectivity index (χ3n) is 3.91. The Morgan fingerprint density at radius 1 is 1.16 bits per heavy atom. The molecule has 4 heteroatoms. The van der Waals surface area contributed by atoms with Gasteiger partial charge in [0.1, 0.15) is 13.2 Å². The van der Waals surface area contributed by atoms with E-state index in [4.69, 9.17) is 15.2 Å². The number of hydrogen-bond acceptors (Lipinski definition) is 4. The van der Waals surface area contributed by atoms with Gasteiger partial charge in [-0.05, 0) is 43.4 Å². The van der Waals surface area contributed by atoms with Gasteiger partial charge in [-0.3, -0.25) is 0 Å². The van der Waals surface area contributed by atoms with E-state index in [1.165, 1.54) is 17.7 Å².